The molecule has 0 bridgehead atoms. The van der Waals surface area contributed by atoms with Crippen LogP contribution in [0.2, 0.25) is 0 Å². The van der Waals surface area contributed by atoms with Gasteiger partial charge in [-0.05, 0) is 30.9 Å². The Morgan fingerprint density at radius 2 is 1.64 bits per heavy atom. The van der Waals surface area contributed by atoms with Gasteiger partial charge < -0.3 is 5.32 Å². The smallest absolute Gasteiger partial charge is 0.0372 e. The molecule has 0 radical (unpaired) electrons. The molecule has 1 N–H and O–H groups in total. The summed E-state index contributed by atoms with van der Waals surface area (Å²) in [6.45, 7) is 1.14. The molecule has 0 unspecified atom stereocenters. The van der Waals surface area contributed by atoms with E-state index in [1.54, 1.807) is 0 Å². The van der Waals surface area contributed by atoms with Crippen molar-refractivity contribution in [2.75, 3.05) is 11.9 Å². The molecule has 0 saturated carbocycles. The van der Waals surface area contributed by atoms with Crippen LogP contribution in [0.1, 0.15) is 37.7 Å². The first-order chi connectivity index (χ1) is 6.97. The highest BCUT2D eigenvalue weighted by Gasteiger charge is 2.02. The van der Waals surface area contributed by atoms with Gasteiger partial charge in [-0.3, -0.25) is 0 Å². The van der Waals surface area contributed by atoms with Gasteiger partial charge in [-0.15, -0.1) is 0 Å². The number of benzene rings is 1. The quantitative estimate of drug-likeness (QED) is 0.657. The minimum atomic E-state index is 1.14. The lowest BCUT2D eigenvalue weighted by atomic mass is 10.0. The number of para-hydroxylation sites is 1. The van der Waals surface area contributed by atoms with Crippen molar-refractivity contribution in [3.05, 3.63) is 29.8 Å². The molecular weight excluding hydrogens is 170 g/mol. The lowest BCUT2D eigenvalue weighted by Gasteiger charge is -2.13. The topological polar surface area (TPSA) is 12.0 Å². The Labute approximate surface area is 86.5 Å². The maximum Gasteiger partial charge on any atom is 0.0372 e. The van der Waals surface area contributed by atoms with Crippen LogP contribution in [-0.2, 0) is 6.42 Å². The third kappa shape index (κ3) is 2.50. The Bertz CT molecular complexity index is 251. The summed E-state index contributed by atoms with van der Waals surface area (Å²) >= 11 is 0. The molecule has 1 nitrogen and oxygen atoms in total. The molecule has 1 aromatic carbocycles. The van der Waals surface area contributed by atoms with Crippen molar-refractivity contribution >= 4 is 5.69 Å². The Kier molecular flexibility index (Phi) is 3.44. The fraction of sp³-hybridized carbons (Fsp3) is 0.538. The SMILES string of the molecule is c1ccc2c(c1)CCCCCCCN2. The van der Waals surface area contributed by atoms with E-state index in [0.29, 0.717) is 0 Å². The Hall–Kier alpha value is -0.980. The summed E-state index contributed by atoms with van der Waals surface area (Å²) in [5.74, 6) is 0. The van der Waals surface area contributed by atoms with Crippen LogP contribution in [0.5, 0.6) is 0 Å². The van der Waals surface area contributed by atoms with Crippen molar-refractivity contribution in [1.82, 2.24) is 0 Å². The van der Waals surface area contributed by atoms with Gasteiger partial charge in [0.25, 0.3) is 0 Å². The molecule has 1 heterocycles. The molecule has 2 rings (SSSR count). The van der Waals surface area contributed by atoms with Crippen LogP contribution in [0.4, 0.5) is 5.69 Å². The van der Waals surface area contributed by atoms with E-state index in [1.807, 2.05) is 0 Å². The van der Waals surface area contributed by atoms with Crippen LogP contribution in [0.3, 0.4) is 0 Å². The number of aryl methyl sites for hydroxylation is 1. The minimum absolute atomic E-state index is 1.14. The molecule has 1 aliphatic rings. The predicted octanol–water partition coefficient (Wildman–Crippen LogP) is 3.61. The molecule has 1 aromatic rings. The summed E-state index contributed by atoms with van der Waals surface area (Å²) in [5.41, 5.74) is 2.85. The van der Waals surface area contributed by atoms with E-state index in [1.165, 1.54) is 49.8 Å². The second-order valence-corrected chi connectivity index (χ2v) is 4.10. The summed E-state index contributed by atoms with van der Waals surface area (Å²) in [6.07, 6.45) is 8.09. The number of rotatable bonds is 0. The molecule has 14 heavy (non-hydrogen) atoms. The third-order valence-corrected chi connectivity index (χ3v) is 2.96. The summed E-state index contributed by atoms with van der Waals surface area (Å²) in [4.78, 5) is 0. The fourth-order valence-electron chi connectivity index (χ4n) is 2.10. The molecule has 76 valence electrons. The zero-order valence-corrected chi connectivity index (χ0v) is 8.76. The van der Waals surface area contributed by atoms with Crippen LogP contribution < -0.4 is 5.32 Å². The van der Waals surface area contributed by atoms with Crippen LogP contribution in [0, 0.1) is 0 Å². The summed E-state index contributed by atoms with van der Waals surface area (Å²) < 4.78 is 0. The van der Waals surface area contributed by atoms with Crippen molar-refractivity contribution in [3.8, 4) is 0 Å². The molecule has 0 aromatic heterocycles. The maximum absolute atomic E-state index is 3.53. The largest absolute Gasteiger partial charge is 0.385 e. The molecular formula is C13H19N. The molecule has 0 saturated heterocycles. The standard InChI is InChI=1S/C13H19N/c1-2-4-8-12-9-5-6-10-13(12)14-11-7-3-1/h5-6,9-10,14H,1-4,7-8,11H2. The monoisotopic (exact) mass is 189 g/mol. The molecule has 1 heteroatoms. The van der Waals surface area contributed by atoms with E-state index in [-0.39, 0.29) is 0 Å². The normalized spacial score (nSPS) is 18.0. The maximum atomic E-state index is 3.53. The van der Waals surface area contributed by atoms with Crippen molar-refractivity contribution in [1.29, 1.82) is 0 Å². The van der Waals surface area contributed by atoms with Gasteiger partial charge in [0.15, 0.2) is 0 Å². The first-order valence-corrected chi connectivity index (χ1v) is 5.78. The van der Waals surface area contributed by atoms with Crippen LogP contribution in [0.25, 0.3) is 0 Å². The zero-order valence-electron chi connectivity index (χ0n) is 8.76. The first-order valence-electron chi connectivity index (χ1n) is 5.78. The first kappa shape index (κ1) is 9.57. The van der Waals surface area contributed by atoms with Gasteiger partial charge in [-0.2, -0.15) is 0 Å². The number of hydrogen-bond acceptors (Lipinski definition) is 1. The van der Waals surface area contributed by atoms with Gasteiger partial charge in [0.05, 0.1) is 0 Å². The summed E-state index contributed by atoms with van der Waals surface area (Å²) in [6, 6.07) is 8.73. The van der Waals surface area contributed by atoms with E-state index >= 15 is 0 Å². The molecule has 1 aliphatic heterocycles. The second-order valence-electron chi connectivity index (χ2n) is 4.10. The van der Waals surface area contributed by atoms with Crippen molar-refractivity contribution in [2.24, 2.45) is 0 Å². The van der Waals surface area contributed by atoms with Gasteiger partial charge in [0, 0.05) is 12.2 Å². The highest BCUT2D eigenvalue weighted by atomic mass is 14.9. The Morgan fingerprint density at radius 1 is 0.857 bits per heavy atom. The van der Waals surface area contributed by atoms with Crippen molar-refractivity contribution < 1.29 is 0 Å². The average Bonchev–Trinajstić information content (AvgIpc) is 2.25. The average molecular weight is 189 g/mol. The van der Waals surface area contributed by atoms with Crippen LogP contribution in [0.15, 0.2) is 24.3 Å². The second kappa shape index (κ2) is 5.04. The lowest BCUT2D eigenvalue weighted by molar-refractivity contribution is 0.618. The molecule has 0 amide bonds. The van der Waals surface area contributed by atoms with Crippen LogP contribution in [-0.4, -0.2) is 6.54 Å². The molecule has 0 fully saturated rings. The fourth-order valence-corrected chi connectivity index (χ4v) is 2.10. The van der Waals surface area contributed by atoms with Gasteiger partial charge in [-0.1, -0.05) is 37.5 Å². The van der Waals surface area contributed by atoms with E-state index in [4.69, 9.17) is 0 Å². The summed E-state index contributed by atoms with van der Waals surface area (Å²) in [5, 5.41) is 3.53. The Balaban J connectivity index is 2.10. The third-order valence-electron chi connectivity index (χ3n) is 2.96. The van der Waals surface area contributed by atoms with E-state index in [0.717, 1.165) is 6.54 Å². The number of anilines is 1. The van der Waals surface area contributed by atoms with Gasteiger partial charge in [-0.25, -0.2) is 0 Å². The molecule has 0 atom stereocenters. The summed E-state index contributed by atoms with van der Waals surface area (Å²) in [7, 11) is 0. The number of fused-ring (bicyclic) bond motifs is 1. The lowest BCUT2D eigenvalue weighted by Crippen LogP contribution is -2.05. The van der Waals surface area contributed by atoms with Crippen LogP contribution >= 0.6 is 0 Å². The van der Waals surface area contributed by atoms with E-state index in [2.05, 4.69) is 29.6 Å². The minimum Gasteiger partial charge on any atom is -0.385 e. The predicted molar refractivity (Wildman–Crippen MR) is 61.7 cm³/mol. The number of nitrogens with one attached hydrogen (secondary N) is 1. The van der Waals surface area contributed by atoms with E-state index in [9.17, 15) is 0 Å². The Morgan fingerprint density at radius 3 is 2.64 bits per heavy atom. The van der Waals surface area contributed by atoms with Gasteiger partial charge >= 0.3 is 0 Å². The van der Waals surface area contributed by atoms with Crippen molar-refractivity contribution in [3.63, 3.8) is 0 Å². The molecule has 0 aliphatic carbocycles. The zero-order chi connectivity index (χ0) is 9.64. The highest BCUT2D eigenvalue weighted by molar-refractivity contribution is 5.51. The van der Waals surface area contributed by atoms with E-state index < -0.39 is 0 Å². The number of hydrogen-bond donors (Lipinski definition) is 1. The molecule has 0 spiro atoms. The van der Waals surface area contributed by atoms with Crippen molar-refractivity contribution in [2.45, 2.75) is 38.5 Å². The highest BCUT2D eigenvalue weighted by Crippen LogP contribution is 2.19. The van der Waals surface area contributed by atoms with Gasteiger partial charge in [0.2, 0.25) is 0 Å². The van der Waals surface area contributed by atoms with Gasteiger partial charge in [0.1, 0.15) is 0 Å².